The highest BCUT2D eigenvalue weighted by atomic mass is 19.1. The molecule has 2 nitrogen and oxygen atoms in total. The monoisotopic (exact) mass is 174 g/mol. The summed E-state index contributed by atoms with van der Waals surface area (Å²) in [5, 5.41) is 0. The molecule has 1 atom stereocenters. The Balaban J connectivity index is 4.28. The summed E-state index contributed by atoms with van der Waals surface area (Å²) in [6, 6.07) is 0. The van der Waals surface area contributed by atoms with Crippen molar-refractivity contribution in [1.29, 1.82) is 0 Å². The Morgan fingerprint density at radius 1 is 1.75 bits per heavy atom. The summed E-state index contributed by atoms with van der Waals surface area (Å²) in [7, 11) is 0. The Kier molecular flexibility index (Phi) is 4.55. The molecule has 12 heavy (non-hydrogen) atoms. The van der Waals surface area contributed by atoms with Crippen LogP contribution in [0.4, 0.5) is 4.39 Å². The molecule has 3 heteroatoms. The molecule has 0 aliphatic rings. The molecule has 0 aromatic heterocycles. The van der Waals surface area contributed by atoms with Crippen molar-refractivity contribution in [3.8, 4) is 0 Å². The van der Waals surface area contributed by atoms with Gasteiger partial charge in [-0.2, -0.15) is 0 Å². The number of rotatable bonds is 5. The zero-order valence-corrected chi connectivity index (χ0v) is 7.60. The van der Waals surface area contributed by atoms with Gasteiger partial charge in [-0.25, -0.2) is 0 Å². The van der Waals surface area contributed by atoms with Gasteiger partial charge in [0.1, 0.15) is 0 Å². The zero-order valence-electron chi connectivity index (χ0n) is 7.60. The molecule has 0 saturated heterocycles. The predicted molar refractivity (Wildman–Crippen MR) is 45.5 cm³/mol. The van der Waals surface area contributed by atoms with Crippen molar-refractivity contribution in [2.75, 3.05) is 13.3 Å². The summed E-state index contributed by atoms with van der Waals surface area (Å²) in [5.74, 6) is -0.405. The first-order valence-corrected chi connectivity index (χ1v) is 3.97. The van der Waals surface area contributed by atoms with Gasteiger partial charge in [0.05, 0.1) is 18.7 Å². The predicted octanol–water partition coefficient (Wildman–Crippen LogP) is 2.10. The molecule has 0 aromatic rings. The summed E-state index contributed by atoms with van der Waals surface area (Å²) in [4.78, 5) is 11.2. The summed E-state index contributed by atoms with van der Waals surface area (Å²) in [6.45, 7) is 6.60. The molecule has 70 valence electrons. The maximum atomic E-state index is 12.0. The Morgan fingerprint density at radius 3 is 2.67 bits per heavy atom. The SMILES string of the molecule is C=CC(C)(CCF)C(=O)OCC. The molecule has 0 amide bonds. The summed E-state index contributed by atoms with van der Waals surface area (Å²) < 4.78 is 16.8. The first-order valence-electron chi connectivity index (χ1n) is 3.97. The Labute approximate surface area is 72.4 Å². The van der Waals surface area contributed by atoms with E-state index in [1.807, 2.05) is 0 Å². The Morgan fingerprint density at radius 2 is 2.33 bits per heavy atom. The van der Waals surface area contributed by atoms with Gasteiger partial charge in [0.2, 0.25) is 0 Å². The lowest BCUT2D eigenvalue weighted by atomic mass is 9.88. The van der Waals surface area contributed by atoms with Crippen molar-refractivity contribution in [3.63, 3.8) is 0 Å². The molecule has 0 saturated carbocycles. The van der Waals surface area contributed by atoms with Gasteiger partial charge in [0, 0.05) is 0 Å². The molecule has 0 N–H and O–H groups in total. The van der Waals surface area contributed by atoms with Gasteiger partial charge in [-0.1, -0.05) is 6.08 Å². The lowest BCUT2D eigenvalue weighted by Gasteiger charge is -2.21. The summed E-state index contributed by atoms with van der Waals surface area (Å²) in [6.07, 6.45) is 1.57. The molecule has 0 aliphatic carbocycles. The number of hydrogen-bond donors (Lipinski definition) is 0. The van der Waals surface area contributed by atoms with E-state index in [0.29, 0.717) is 6.61 Å². The average molecular weight is 174 g/mol. The molecule has 0 spiro atoms. The molecule has 0 aromatic carbocycles. The molecule has 0 rings (SSSR count). The molecule has 0 aliphatic heterocycles. The lowest BCUT2D eigenvalue weighted by Crippen LogP contribution is -2.28. The minimum Gasteiger partial charge on any atom is -0.465 e. The first-order chi connectivity index (χ1) is 5.60. The van der Waals surface area contributed by atoms with Crippen LogP contribution in [0.5, 0.6) is 0 Å². The van der Waals surface area contributed by atoms with Crippen LogP contribution >= 0.6 is 0 Å². The Hall–Kier alpha value is -0.860. The van der Waals surface area contributed by atoms with Crippen molar-refractivity contribution in [2.24, 2.45) is 5.41 Å². The highest BCUT2D eigenvalue weighted by Gasteiger charge is 2.30. The van der Waals surface area contributed by atoms with Crippen LogP contribution < -0.4 is 0 Å². The van der Waals surface area contributed by atoms with Crippen molar-refractivity contribution in [2.45, 2.75) is 20.3 Å². The maximum Gasteiger partial charge on any atom is 0.315 e. The number of hydrogen-bond acceptors (Lipinski definition) is 2. The second-order valence-corrected chi connectivity index (χ2v) is 2.78. The van der Waals surface area contributed by atoms with Gasteiger partial charge in [0.25, 0.3) is 0 Å². The van der Waals surface area contributed by atoms with Crippen LogP contribution in [0.15, 0.2) is 12.7 Å². The fraction of sp³-hybridized carbons (Fsp3) is 0.667. The quantitative estimate of drug-likeness (QED) is 0.471. The number of halogens is 1. The third kappa shape index (κ3) is 2.64. The maximum absolute atomic E-state index is 12.0. The normalized spacial score (nSPS) is 14.9. The van der Waals surface area contributed by atoms with Crippen LogP contribution in [-0.4, -0.2) is 19.3 Å². The standard InChI is InChI=1S/C9H15FO2/c1-4-9(3,6-7-10)8(11)12-5-2/h4H,1,5-7H2,2-3H3. The third-order valence-electron chi connectivity index (χ3n) is 1.81. The van der Waals surface area contributed by atoms with Crippen LogP contribution in [-0.2, 0) is 9.53 Å². The van der Waals surface area contributed by atoms with Crippen molar-refractivity contribution < 1.29 is 13.9 Å². The van der Waals surface area contributed by atoms with Crippen molar-refractivity contribution >= 4 is 5.97 Å². The molecule has 1 unspecified atom stereocenters. The second kappa shape index (κ2) is 4.91. The van der Waals surface area contributed by atoms with Crippen LogP contribution in [0.1, 0.15) is 20.3 Å². The van der Waals surface area contributed by atoms with E-state index in [-0.39, 0.29) is 6.42 Å². The van der Waals surface area contributed by atoms with Gasteiger partial charge in [-0.05, 0) is 20.3 Å². The number of ether oxygens (including phenoxy) is 1. The van der Waals surface area contributed by atoms with Gasteiger partial charge < -0.3 is 4.74 Å². The van der Waals surface area contributed by atoms with Crippen molar-refractivity contribution in [3.05, 3.63) is 12.7 Å². The third-order valence-corrected chi connectivity index (χ3v) is 1.81. The van der Waals surface area contributed by atoms with Gasteiger partial charge in [-0.15, -0.1) is 6.58 Å². The van der Waals surface area contributed by atoms with E-state index in [1.54, 1.807) is 13.8 Å². The van der Waals surface area contributed by atoms with E-state index < -0.39 is 18.1 Å². The van der Waals surface area contributed by atoms with Crippen molar-refractivity contribution in [1.82, 2.24) is 0 Å². The van der Waals surface area contributed by atoms with Gasteiger partial charge in [-0.3, -0.25) is 9.18 Å². The lowest BCUT2D eigenvalue weighted by molar-refractivity contribution is -0.152. The Bertz CT molecular complexity index is 168. The highest BCUT2D eigenvalue weighted by Crippen LogP contribution is 2.24. The van der Waals surface area contributed by atoms with Crippen LogP contribution in [0, 0.1) is 5.41 Å². The smallest absolute Gasteiger partial charge is 0.315 e. The van der Waals surface area contributed by atoms with Crippen LogP contribution in [0.3, 0.4) is 0 Å². The van der Waals surface area contributed by atoms with Crippen LogP contribution in [0.2, 0.25) is 0 Å². The molecular weight excluding hydrogens is 159 g/mol. The minimum atomic E-state index is -0.870. The van der Waals surface area contributed by atoms with E-state index in [4.69, 9.17) is 4.74 Å². The van der Waals surface area contributed by atoms with E-state index in [1.165, 1.54) is 6.08 Å². The number of alkyl halides is 1. The average Bonchev–Trinajstić information content (AvgIpc) is 2.05. The van der Waals surface area contributed by atoms with Crippen LogP contribution in [0.25, 0.3) is 0 Å². The van der Waals surface area contributed by atoms with Gasteiger partial charge in [0.15, 0.2) is 0 Å². The highest BCUT2D eigenvalue weighted by molar-refractivity contribution is 5.78. The molecule has 0 bridgehead atoms. The number of carbonyl (C=O) groups excluding carboxylic acids is 1. The molecule has 0 heterocycles. The fourth-order valence-corrected chi connectivity index (χ4v) is 0.780. The number of carbonyl (C=O) groups is 1. The second-order valence-electron chi connectivity index (χ2n) is 2.78. The largest absolute Gasteiger partial charge is 0.465 e. The summed E-state index contributed by atoms with van der Waals surface area (Å²) in [5.41, 5.74) is -0.870. The molecular formula is C9H15FO2. The fourth-order valence-electron chi connectivity index (χ4n) is 0.780. The topological polar surface area (TPSA) is 26.3 Å². The molecule has 0 fully saturated rings. The number of esters is 1. The van der Waals surface area contributed by atoms with E-state index >= 15 is 0 Å². The zero-order chi connectivity index (χ0) is 9.61. The van der Waals surface area contributed by atoms with Gasteiger partial charge >= 0.3 is 5.97 Å². The van der Waals surface area contributed by atoms with E-state index in [0.717, 1.165) is 0 Å². The minimum absolute atomic E-state index is 0.134. The van der Waals surface area contributed by atoms with E-state index in [2.05, 4.69) is 6.58 Å². The first kappa shape index (κ1) is 11.1. The summed E-state index contributed by atoms with van der Waals surface area (Å²) >= 11 is 0. The molecule has 0 radical (unpaired) electrons. The van der Waals surface area contributed by atoms with E-state index in [9.17, 15) is 9.18 Å².